The molecule has 1 rings (SSSR count). The van der Waals surface area contributed by atoms with E-state index in [0.717, 1.165) is 45.6 Å². The van der Waals surface area contributed by atoms with Gasteiger partial charge < -0.3 is 10.2 Å². The Hall–Kier alpha value is -1.10. The molecule has 1 fully saturated rings. The topological polar surface area (TPSA) is 52.7 Å². The molecule has 0 aromatic carbocycles. The van der Waals surface area contributed by atoms with E-state index in [1.165, 1.54) is 0 Å². The number of carbonyl (C=O) groups is 2. The van der Waals surface area contributed by atoms with Crippen LogP contribution in [0.25, 0.3) is 0 Å². The first-order valence-corrected chi connectivity index (χ1v) is 6.83. The highest BCUT2D eigenvalue weighted by Crippen LogP contribution is 2.07. The number of nitrogens with zero attached hydrogens (tertiary/aromatic N) is 2. The first-order valence-electron chi connectivity index (χ1n) is 6.83. The van der Waals surface area contributed by atoms with Gasteiger partial charge in [0.25, 0.3) is 0 Å². The summed E-state index contributed by atoms with van der Waals surface area (Å²) in [4.78, 5) is 27.2. The zero-order valence-corrected chi connectivity index (χ0v) is 11.7. The van der Waals surface area contributed by atoms with Crippen LogP contribution in [-0.2, 0) is 9.59 Å². The average Bonchev–Trinajstić information content (AvgIpc) is 2.60. The molecule has 1 N–H and O–H groups in total. The summed E-state index contributed by atoms with van der Waals surface area (Å²) < 4.78 is 0. The molecule has 0 aromatic heterocycles. The van der Waals surface area contributed by atoms with Gasteiger partial charge in [0.05, 0.1) is 6.04 Å². The number of hydrogen-bond donors (Lipinski definition) is 1. The van der Waals surface area contributed by atoms with E-state index in [1.54, 1.807) is 6.92 Å². The number of amides is 2. The number of hydrogen-bond acceptors (Lipinski definition) is 3. The minimum absolute atomic E-state index is 0.0909. The van der Waals surface area contributed by atoms with Crippen LogP contribution >= 0.6 is 0 Å². The van der Waals surface area contributed by atoms with Crippen molar-refractivity contribution in [1.29, 1.82) is 0 Å². The van der Waals surface area contributed by atoms with Crippen LogP contribution in [0.4, 0.5) is 0 Å². The molecule has 2 amide bonds. The van der Waals surface area contributed by atoms with Crippen molar-refractivity contribution in [3.05, 3.63) is 0 Å². The second-order valence-electron chi connectivity index (χ2n) is 4.86. The largest absolute Gasteiger partial charge is 0.355 e. The quantitative estimate of drug-likeness (QED) is 0.794. The summed E-state index contributed by atoms with van der Waals surface area (Å²) in [5, 5.41) is 2.92. The molecular weight excluding hydrogens is 230 g/mol. The summed E-state index contributed by atoms with van der Waals surface area (Å²) in [7, 11) is 0. The third kappa shape index (κ3) is 4.29. The third-order valence-corrected chi connectivity index (χ3v) is 3.45. The van der Waals surface area contributed by atoms with E-state index in [2.05, 4.69) is 10.2 Å². The van der Waals surface area contributed by atoms with Gasteiger partial charge in [-0.3, -0.25) is 14.5 Å². The first kappa shape index (κ1) is 15.0. The summed E-state index contributed by atoms with van der Waals surface area (Å²) in [6, 6.07) is -0.108. The van der Waals surface area contributed by atoms with Crippen molar-refractivity contribution in [3.63, 3.8) is 0 Å². The number of rotatable bonds is 4. The molecule has 1 unspecified atom stereocenters. The maximum absolute atomic E-state index is 11.9. The molecule has 0 bridgehead atoms. The fourth-order valence-electron chi connectivity index (χ4n) is 2.20. The second kappa shape index (κ2) is 7.36. The summed E-state index contributed by atoms with van der Waals surface area (Å²) in [5.41, 5.74) is 0. The lowest BCUT2D eigenvalue weighted by Crippen LogP contribution is -2.46. The molecule has 0 aromatic rings. The van der Waals surface area contributed by atoms with Crippen molar-refractivity contribution < 1.29 is 9.59 Å². The molecule has 18 heavy (non-hydrogen) atoms. The monoisotopic (exact) mass is 255 g/mol. The molecule has 5 heteroatoms. The van der Waals surface area contributed by atoms with Crippen molar-refractivity contribution in [2.45, 2.75) is 39.7 Å². The highest BCUT2D eigenvalue weighted by Gasteiger charge is 2.24. The van der Waals surface area contributed by atoms with Crippen LogP contribution in [0.2, 0.25) is 0 Å². The Kier molecular flexibility index (Phi) is 6.12. The molecule has 1 saturated heterocycles. The van der Waals surface area contributed by atoms with Gasteiger partial charge in [-0.05, 0) is 19.8 Å². The predicted molar refractivity (Wildman–Crippen MR) is 71.2 cm³/mol. The zero-order valence-electron chi connectivity index (χ0n) is 11.7. The predicted octanol–water partition coefficient (Wildman–Crippen LogP) is 0.455. The molecule has 104 valence electrons. The highest BCUT2D eigenvalue weighted by molar-refractivity contribution is 5.81. The van der Waals surface area contributed by atoms with E-state index < -0.39 is 0 Å². The Bertz CT molecular complexity index is 294. The summed E-state index contributed by atoms with van der Waals surface area (Å²) in [6.45, 7) is 9.50. The van der Waals surface area contributed by atoms with E-state index in [9.17, 15) is 9.59 Å². The Balaban J connectivity index is 2.46. The van der Waals surface area contributed by atoms with Gasteiger partial charge in [0.15, 0.2) is 0 Å². The molecule has 0 aliphatic carbocycles. The van der Waals surface area contributed by atoms with E-state index in [1.807, 2.05) is 18.7 Å². The maximum Gasteiger partial charge on any atom is 0.237 e. The molecule has 1 heterocycles. The molecule has 1 aliphatic rings. The number of nitrogens with one attached hydrogen (secondary N) is 1. The molecular formula is C13H25N3O2. The van der Waals surface area contributed by atoms with Gasteiger partial charge in [-0.15, -0.1) is 0 Å². The van der Waals surface area contributed by atoms with Crippen LogP contribution in [0.3, 0.4) is 0 Å². The molecule has 0 spiro atoms. The Morgan fingerprint density at radius 3 is 2.56 bits per heavy atom. The molecule has 5 nitrogen and oxygen atoms in total. The van der Waals surface area contributed by atoms with E-state index in [4.69, 9.17) is 0 Å². The lowest BCUT2D eigenvalue weighted by molar-refractivity contribution is -0.128. The first-order chi connectivity index (χ1) is 8.56. The normalized spacial score (nSPS) is 19.2. The van der Waals surface area contributed by atoms with Crippen molar-refractivity contribution in [1.82, 2.24) is 15.1 Å². The van der Waals surface area contributed by atoms with Gasteiger partial charge in [0, 0.05) is 39.6 Å². The third-order valence-electron chi connectivity index (χ3n) is 3.45. The summed E-state index contributed by atoms with van der Waals surface area (Å²) in [6.07, 6.45) is 1.89. The zero-order chi connectivity index (χ0) is 13.5. The fraction of sp³-hybridized carbons (Fsp3) is 0.846. The summed E-state index contributed by atoms with van der Waals surface area (Å²) in [5.74, 6) is 0.216. The SMILES string of the molecule is CCCNC(=O)C(C)N1CCCN(C(C)=O)CC1. The lowest BCUT2D eigenvalue weighted by Gasteiger charge is -2.26. The van der Waals surface area contributed by atoms with Gasteiger partial charge >= 0.3 is 0 Å². The van der Waals surface area contributed by atoms with Gasteiger partial charge in [0.2, 0.25) is 11.8 Å². The maximum atomic E-state index is 11.9. The Morgan fingerprint density at radius 1 is 1.22 bits per heavy atom. The standard InChI is InChI=1S/C13H25N3O2/c1-4-6-14-13(18)11(2)15-7-5-8-16(10-9-15)12(3)17/h11H,4-10H2,1-3H3,(H,14,18). The van der Waals surface area contributed by atoms with Crippen LogP contribution < -0.4 is 5.32 Å². The molecule has 0 radical (unpaired) electrons. The van der Waals surface area contributed by atoms with Gasteiger partial charge in [-0.25, -0.2) is 0 Å². The highest BCUT2D eigenvalue weighted by atomic mass is 16.2. The lowest BCUT2D eigenvalue weighted by atomic mass is 10.2. The molecule has 1 atom stereocenters. The summed E-state index contributed by atoms with van der Waals surface area (Å²) >= 11 is 0. The van der Waals surface area contributed by atoms with E-state index in [0.29, 0.717) is 0 Å². The smallest absolute Gasteiger partial charge is 0.237 e. The average molecular weight is 255 g/mol. The van der Waals surface area contributed by atoms with E-state index >= 15 is 0 Å². The minimum Gasteiger partial charge on any atom is -0.355 e. The van der Waals surface area contributed by atoms with Crippen LogP contribution in [0.1, 0.15) is 33.6 Å². The molecule has 1 aliphatic heterocycles. The van der Waals surface area contributed by atoms with Crippen LogP contribution in [-0.4, -0.2) is 60.4 Å². The Morgan fingerprint density at radius 2 is 1.94 bits per heavy atom. The van der Waals surface area contributed by atoms with Crippen molar-refractivity contribution in [2.75, 3.05) is 32.7 Å². The van der Waals surface area contributed by atoms with Crippen LogP contribution in [0.5, 0.6) is 0 Å². The molecule has 0 saturated carbocycles. The Labute approximate surface area is 110 Å². The van der Waals surface area contributed by atoms with Crippen molar-refractivity contribution >= 4 is 11.8 Å². The van der Waals surface area contributed by atoms with Gasteiger partial charge in [-0.1, -0.05) is 6.92 Å². The number of carbonyl (C=O) groups excluding carboxylic acids is 2. The fourth-order valence-corrected chi connectivity index (χ4v) is 2.20. The van der Waals surface area contributed by atoms with Crippen LogP contribution in [0.15, 0.2) is 0 Å². The van der Waals surface area contributed by atoms with E-state index in [-0.39, 0.29) is 17.9 Å². The van der Waals surface area contributed by atoms with Crippen molar-refractivity contribution in [2.24, 2.45) is 0 Å². The van der Waals surface area contributed by atoms with Crippen LogP contribution in [0, 0.1) is 0 Å². The minimum atomic E-state index is -0.108. The van der Waals surface area contributed by atoms with Gasteiger partial charge in [-0.2, -0.15) is 0 Å². The van der Waals surface area contributed by atoms with Gasteiger partial charge in [0.1, 0.15) is 0 Å². The van der Waals surface area contributed by atoms with Crippen molar-refractivity contribution in [3.8, 4) is 0 Å². The second-order valence-corrected chi connectivity index (χ2v) is 4.86.